The molecule has 0 spiro atoms. The van der Waals surface area contributed by atoms with Crippen LogP contribution in [0.2, 0.25) is 5.02 Å². The van der Waals surface area contributed by atoms with Gasteiger partial charge in [-0.25, -0.2) is 0 Å². The van der Waals surface area contributed by atoms with Crippen molar-refractivity contribution in [1.82, 2.24) is 5.16 Å². The van der Waals surface area contributed by atoms with Crippen molar-refractivity contribution in [2.45, 2.75) is 26.2 Å². The first-order valence-electron chi connectivity index (χ1n) is 5.68. The number of halogens is 1. The molecule has 2 rings (SSSR count). The molecule has 1 unspecified atom stereocenters. The summed E-state index contributed by atoms with van der Waals surface area (Å²) in [6.45, 7) is 3.76. The van der Waals surface area contributed by atoms with Gasteiger partial charge in [-0.15, -0.1) is 0 Å². The van der Waals surface area contributed by atoms with Crippen molar-refractivity contribution in [3.05, 3.63) is 51.9 Å². The molecule has 4 heteroatoms. The number of hydrogen-bond donors (Lipinski definition) is 0. The molecule has 0 aliphatic rings. The highest BCUT2D eigenvalue weighted by Gasteiger charge is 2.17. The second-order valence-corrected chi connectivity index (χ2v) is 4.68. The quantitative estimate of drug-likeness (QED) is 0.843. The normalized spacial score (nSPS) is 12.1. The van der Waals surface area contributed by atoms with E-state index in [0.717, 1.165) is 22.6 Å². The molecule has 18 heavy (non-hydrogen) atoms. The average Bonchev–Trinajstić information content (AvgIpc) is 2.68. The van der Waals surface area contributed by atoms with Gasteiger partial charge in [0.15, 0.2) is 0 Å². The van der Waals surface area contributed by atoms with E-state index < -0.39 is 0 Å². The lowest BCUT2D eigenvalue weighted by Crippen LogP contribution is -2.02. The molecule has 0 amide bonds. The molecule has 0 aliphatic heterocycles. The maximum atomic E-state index is 9.30. The molecular weight excluding hydrogens is 248 g/mol. The molecule has 1 atom stereocenters. The van der Waals surface area contributed by atoms with Crippen molar-refractivity contribution in [1.29, 1.82) is 5.26 Å². The number of nitriles is 1. The van der Waals surface area contributed by atoms with Gasteiger partial charge in [-0.3, -0.25) is 0 Å². The first kappa shape index (κ1) is 12.7. The van der Waals surface area contributed by atoms with Crippen molar-refractivity contribution in [3.63, 3.8) is 0 Å². The van der Waals surface area contributed by atoms with Gasteiger partial charge in [0.05, 0.1) is 17.7 Å². The number of hydrogen-bond acceptors (Lipinski definition) is 3. The predicted molar refractivity (Wildman–Crippen MR) is 69.5 cm³/mol. The molecule has 0 saturated carbocycles. The van der Waals surface area contributed by atoms with E-state index in [1.54, 1.807) is 12.1 Å². The number of nitrogens with zero attached hydrogens (tertiary/aromatic N) is 2. The Morgan fingerprint density at radius 2 is 2.00 bits per heavy atom. The highest BCUT2D eigenvalue weighted by molar-refractivity contribution is 6.30. The number of benzene rings is 1. The molecule has 1 heterocycles. The third-order valence-corrected chi connectivity index (χ3v) is 3.27. The van der Waals surface area contributed by atoms with Crippen molar-refractivity contribution in [3.8, 4) is 6.07 Å². The average molecular weight is 261 g/mol. The minimum Gasteiger partial charge on any atom is -0.361 e. The van der Waals surface area contributed by atoms with Gasteiger partial charge >= 0.3 is 0 Å². The van der Waals surface area contributed by atoms with Crippen LogP contribution in [0.4, 0.5) is 0 Å². The molecule has 1 aromatic carbocycles. The lowest BCUT2D eigenvalue weighted by molar-refractivity contribution is 0.392. The van der Waals surface area contributed by atoms with Gasteiger partial charge < -0.3 is 4.52 Å². The Kier molecular flexibility index (Phi) is 3.69. The summed E-state index contributed by atoms with van der Waals surface area (Å²) in [5.41, 5.74) is 2.82. The minimum absolute atomic E-state index is 0.209. The smallest absolute Gasteiger partial charge is 0.137 e. The van der Waals surface area contributed by atoms with Gasteiger partial charge in [-0.05, 0) is 38.0 Å². The van der Waals surface area contributed by atoms with E-state index in [1.807, 2.05) is 26.0 Å². The zero-order valence-corrected chi connectivity index (χ0v) is 11.0. The van der Waals surface area contributed by atoms with E-state index >= 15 is 0 Å². The molecule has 1 aromatic heterocycles. The van der Waals surface area contributed by atoms with Gasteiger partial charge in [0.25, 0.3) is 0 Å². The molecule has 0 bridgehead atoms. The van der Waals surface area contributed by atoms with E-state index in [9.17, 15) is 5.26 Å². The van der Waals surface area contributed by atoms with Crippen LogP contribution in [0.25, 0.3) is 0 Å². The van der Waals surface area contributed by atoms with E-state index in [4.69, 9.17) is 16.1 Å². The second kappa shape index (κ2) is 5.24. The fraction of sp³-hybridized carbons (Fsp3) is 0.286. The first-order valence-corrected chi connectivity index (χ1v) is 6.06. The molecule has 3 nitrogen and oxygen atoms in total. The summed E-state index contributed by atoms with van der Waals surface area (Å²) in [5, 5.41) is 13.9. The molecule has 0 radical (unpaired) electrons. The largest absolute Gasteiger partial charge is 0.361 e. The van der Waals surface area contributed by atoms with E-state index in [2.05, 4.69) is 11.2 Å². The lowest BCUT2D eigenvalue weighted by Gasteiger charge is -2.09. The Hall–Kier alpha value is -1.79. The number of aromatic nitrogens is 1. The van der Waals surface area contributed by atoms with Gasteiger partial charge in [0, 0.05) is 10.6 Å². The van der Waals surface area contributed by atoms with Gasteiger partial charge in [0.1, 0.15) is 5.76 Å². The minimum atomic E-state index is -0.209. The van der Waals surface area contributed by atoms with E-state index in [-0.39, 0.29) is 5.92 Å². The zero-order valence-electron chi connectivity index (χ0n) is 10.3. The van der Waals surface area contributed by atoms with Crippen LogP contribution < -0.4 is 0 Å². The van der Waals surface area contributed by atoms with Crippen LogP contribution in [-0.2, 0) is 6.42 Å². The molecule has 0 fully saturated rings. The first-order chi connectivity index (χ1) is 8.61. The predicted octanol–water partition coefficient (Wildman–Crippen LogP) is 3.79. The highest BCUT2D eigenvalue weighted by atomic mass is 35.5. The fourth-order valence-corrected chi connectivity index (χ4v) is 2.06. The third-order valence-electron chi connectivity index (χ3n) is 3.02. The zero-order chi connectivity index (χ0) is 13.1. The van der Waals surface area contributed by atoms with E-state index in [1.165, 1.54) is 0 Å². The summed E-state index contributed by atoms with van der Waals surface area (Å²) in [6, 6.07) is 9.68. The Morgan fingerprint density at radius 1 is 1.33 bits per heavy atom. The summed E-state index contributed by atoms with van der Waals surface area (Å²) in [4.78, 5) is 0. The number of rotatable bonds is 3. The summed E-state index contributed by atoms with van der Waals surface area (Å²) in [5.74, 6) is 0.570. The van der Waals surface area contributed by atoms with Crippen LogP contribution in [0, 0.1) is 25.2 Å². The number of aryl methyl sites for hydroxylation is 2. The van der Waals surface area contributed by atoms with Crippen LogP contribution in [0.5, 0.6) is 0 Å². The summed E-state index contributed by atoms with van der Waals surface area (Å²) in [6.07, 6.45) is 0.610. The summed E-state index contributed by atoms with van der Waals surface area (Å²) in [7, 11) is 0. The SMILES string of the molecule is Cc1noc(C)c1CC(C#N)c1ccc(Cl)cc1. The third kappa shape index (κ3) is 2.55. The van der Waals surface area contributed by atoms with Crippen LogP contribution in [-0.4, -0.2) is 5.16 Å². The second-order valence-electron chi connectivity index (χ2n) is 4.24. The lowest BCUT2D eigenvalue weighted by atomic mass is 9.92. The maximum Gasteiger partial charge on any atom is 0.137 e. The Balaban J connectivity index is 2.26. The van der Waals surface area contributed by atoms with Crippen molar-refractivity contribution >= 4 is 11.6 Å². The van der Waals surface area contributed by atoms with Gasteiger partial charge in [-0.1, -0.05) is 28.9 Å². The standard InChI is InChI=1S/C14H13ClN2O/c1-9-14(10(2)18-17-9)7-12(8-16)11-3-5-13(15)6-4-11/h3-6,12H,7H2,1-2H3. The molecule has 0 N–H and O–H groups in total. The Morgan fingerprint density at radius 3 is 2.50 bits per heavy atom. The van der Waals surface area contributed by atoms with Gasteiger partial charge in [0.2, 0.25) is 0 Å². The molecule has 0 aliphatic carbocycles. The molecular formula is C14H13ClN2O. The van der Waals surface area contributed by atoms with Crippen molar-refractivity contribution in [2.24, 2.45) is 0 Å². The van der Waals surface area contributed by atoms with Crippen LogP contribution >= 0.6 is 11.6 Å². The topological polar surface area (TPSA) is 49.8 Å². The molecule has 92 valence electrons. The fourth-order valence-electron chi connectivity index (χ4n) is 1.93. The summed E-state index contributed by atoms with van der Waals surface area (Å²) >= 11 is 5.84. The van der Waals surface area contributed by atoms with Crippen LogP contribution in [0.15, 0.2) is 28.8 Å². The Bertz CT molecular complexity index is 561. The monoisotopic (exact) mass is 260 g/mol. The van der Waals surface area contributed by atoms with Crippen molar-refractivity contribution in [2.75, 3.05) is 0 Å². The molecule has 2 aromatic rings. The summed E-state index contributed by atoms with van der Waals surface area (Å²) < 4.78 is 5.12. The van der Waals surface area contributed by atoms with Crippen LogP contribution in [0.1, 0.15) is 28.5 Å². The van der Waals surface area contributed by atoms with Crippen LogP contribution in [0.3, 0.4) is 0 Å². The maximum absolute atomic E-state index is 9.30. The highest BCUT2D eigenvalue weighted by Crippen LogP contribution is 2.25. The van der Waals surface area contributed by atoms with Gasteiger partial charge in [-0.2, -0.15) is 5.26 Å². The van der Waals surface area contributed by atoms with Crippen molar-refractivity contribution < 1.29 is 4.52 Å². The Labute approximate surface area is 111 Å². The van der Waals surface area contributed by atoms with E-state index in [0.29, 0.717) is 11.4 Å². The molecule has 0 saturated heterocycles.